The number of hydrogen-bond donors (Lipinski definition) is 2. The zero-order chi connectivity index (χ0) is 21.4. The molecule has 2 aliphatic rings. The Kier molecular flexibility index (Phi) is 5.42. The van der Waals surface area contributed by atoms with Gasteiger partial charge in [0.1, 0.15) is 5.69 Å². The maximum atomic E-state index is 13.4. The average molecular weight is 412 g/mol. The van der Waals surface area contributed by atoms with Crippen molar-refractivity contribution in [2.75, 3.05) is 25.0 Å². The molecule has 1 fully saturated rings. The molecule has 30 heavy (non-hydrogen) atoms. The van der Waals surface area contributed by atoms with Crippen LogP contribution in [0.5, 0.6) is 0 Å². The van der Waals surface area contributed by atoms with Crippen molar-refractivity contribution in [1.82, 2.24) is 34.9 Å². The number of likely N-dealkylation sites (N-methyl/N-ethyl adjacent to an activating group) is 1. The molecule has 0 radical (unpaired) electrons. The first-order chi connectivity index (χ1) is 14.4. The number of aromatic nitrogens is 4. The van der Waals surface area contributed by atoms with E-state index in [0.29, 0.717) is 24.9 Å². The van der Waals surface area contributed by atoms with E-state index in [9.17, 15) is 9.59 Å². The van der Waals surface area contributed by atoms with Crippen LogP contribution in [0.1, 0.15) is 55.5 Å². The number of nitrogens with one attached hydrogen (secondary N) is 2. The Morgan fingerprint density at radius 1 is 1.17 bits per heavy atom. The molecule has 10 nitrogen and oxygen atoms in total. The molecule has 3 amide bonds. The number of rotatable bonds is 3. The summed E-state index contributed by atoms with van der Waals surface area (Å²) in [7, 11) is 0. The molecule has 0 aliphatic carbocycles. The fourth-order valence-electron chi connectivity index (χ4n) is 4.34. The lowest BCUT2D eigenvalue weighted by atomic mass is 10.1. The van der Waals surface area contributed by atoms with Crippen molar-refractivity contribution in [3.8, 4) is 0 Å². The van der Waals surface area contributed by atoms with Crippen molar-refractivity contribution in [3.05, 3.63) is 35.5 Å². The molecule has 2 N–H and O–H groups in total. The monoisotopic (exact) mass is 412 g/mol. The van der Waals surface area contributed by atoms with Crippen LogP contribution < -0.4 is 5.32 Å². The van der Waals surface area contributed by atoms with Gasteiger partial charge in [0.25, 0.3) is 5.91 Å². The second kappa shape index (κ2) is 8.02. The zero-order valence-corrected chi connectivity index (χ0v) is 17.8. The minimum atomic E-state index is -0.382. The van der Waals surface area contributed by atoms with E-state index in [1.807, 2.05) is 16.7 Å². The van der Waals surface area contributed by atoms with Crippen molar-refractivity contribution >= 4 is 17.8 Å². The van der Waals surface area contributed by atoms with Crippen LogP contribution in [0, 0.1) is 0 Å². The number of piperazine rings is 1. The van der Waals surface area contributed by atoms with Gasteiger partial charge in [0.15, 0.2) is 5.82 Å². The summed E-state index contributed by atoms with van der Waals surface area (Å²) in [5.74, 6) is 0.0491. The summed E-state index contributed by atoms with van der Waals surface area (Å²) in [6.07, 6.45) is 4.38. The number of carbonyl (C=O) groups is 2. The highest BCUT2D eigenvalue weighted by atomic mass is 16.2. The van der Waals surface area contributed by atoms with Crippen LogP contribution in [0.3, 0.4) is 0 Å². The molecule has 2 aromatic heterocycles. The molecule has 10 heteroatoms. The standard InChI is InChI=1S/C20H28N8O2/c1-5-26-9-13(3)27(10-12(26)2)20(30)28-11-15-17(14(28)4)24-25-18(15)23-19(29)16-8-21-6-7-22-16/h6-8,12-14H,5,9-11H2,1-4H3,(H2,23,24,25,29). The van der Waals surface area contributed by atoms with E-state index in [-0.39, 0.29) is 29.7 Å². The van der Waals surface area contributed by atoms with Crippen LogP contribution in [0.15, 0.2) is 18.6 Å². The molecule has 160 valence electrons. The maximum absolute atomic E-state index is 13.4. The molecule has 0 aromatic carbocycles. The first-order valence-corrected chi connectivity index (χ1v) is 10.4. The Morgan fingerprint density at radius 2 is 1.97 bits per heavy atom. The fourth-order valence-corrected chi connectivity index (χ4v) is 4.34. The van der Waals surface area contributed by atoms with Gasteiger partial charge in [-0.25, -0.2) is 9.78 Å². The number of aromatic amines is 1. The molecular weight excluding hydrogens is 384 g/mol. The molecule has 2 aromatic rings. The Morgan fingerprint density at radius 3 is 2.67 bits per heavy atom. The van der Waals surface area contributed by atoms with E-state index in [2.05, 4.69) is 51.2 Å². The van der Waals surface area contributed by atoms with E-state index in [1.165, 1.54) is 18.6 Å². The van der Waals surface area contributed by atoms with Gasteiger partial charge in [-0.3, -0.25) is 19.8 Å². The van der Waals surface area contributed by atoms with Crippen LogP contribution in [0.25, 0.3) is 0 Å². The van der Waals surface area contributed by atoms with Crippen LogP contribution in [0.4, 0.5) is 10.6 Å². The number of carbonyl (C=O) groups excluding carboxylic acids is 2. The molecule has 1 saturated heterocycles. The van der Waals surface area contributed by atoms with Gasteiger partial charge >= 0.3 is 6.03 Å². The van der Waals surface area contributed by atoms with Crippen molar-refractivity contribution in [2.24, 2.45) is 0 Å². The van der Waals surface area contributed by atoms with Gasteiger partial charge in [0.2, 0.25) is 0 Å². The van der Waals surface area contributed by atoms with Crippen LogP contribution in [-0.4, -0.2) is 78.5 Å². The van der Waals surface area contributed by atoms with Gasteiger partial charge < -0.3 is 15.1 Å². The number of amides is 3. The highest BCUT2D eigenvalue weighted by Crippen LogP contribution is 2.37. The van der Waals surface area contributed by atoms with Crippen molar-refractivity contribution in [3.63, 3.8) is 0 Å². The largest absolute Gasteiger partial charge is 0.321 e. The normalized spacial score (nSPS) is 24.1. The quantitative estimate of drug-likeness (QED) is 0.796. The first-order valence-electron chi connectivity index (χ1n) is 10.4. The van der Waals surface area contributed by atoms with Crippen molar-refractivity contribution < 1.29 is 9.59 Å². The third-order valence-corrected chi connectivity index (χ3v) is 6.15. The van der Waals surface area contributed by atoms with E-state index < -0.39 is 0 Å². The van der Waals surface area contributed by atoms with E-state index in [4.69, 9.17) is 0 Å². The molecule has 0 spiro atoms. The van der Waals surface area contributed by atoms with E-state index in [0.717, 1.165) is 24.3 Å². The van der Waals surface area contributed by atoms with Crippen LogP contribution in [-0.2, 0) is 6.54 Å². The number of hydrogen-bond acceptors (Lipinski definition) is 6. The Hall–Kier alpha value is -3.01. The number of urea groups is 1. The predicted molar refractivity (Wildman–Crippen MR) is 111 cm³/mol. The summed E-state index contributed by atoms with van der Waals surface area (Å²) in [6.45, 7) is 11.4. The van der Waals surface area contributed by atoms with E-state index in [1.54, 1.807) is 0 Å². The molecule has 0 saturated carbocycles. The number of anilines is 1. The lowest BCUT2D eigenvalue weighted by Crippen LogP contribution is -2.60. The second-order valence-corrected chi connectivity index (χ2v) is 8.03. The molecule has 4 heterocycles. The highest BCUT2D eigenvalue weighted by molar-refractivity contribution is 6.02. The van der Waals surface area contributed by atoms with Gasteiger partial charge in [0.05, 0.1) is 24.5 Å². The molecule has 4 rings (SSSR count). The van der Waals surface area contributed by atoms with Gasteiger partial charge in [0, 0.05) is 43.1 Å². The molecule has 0 bridgehead atoms. The lowest BCUT2D eigenvalue weighted by molar-refractivity contribution is 0.0480. The summed E-state index contributed by atoms with van der Waals surface area (Å²) in [5.41, 5.74) is 1.90. The summed E-state index contributed by atoms with van der Waals surface area (Å²) in [4.78, 5) is 39.9. The Bertz CT molecular complexity index is 930. The molecule has 3 unspecified atom stereocenters. The number of nitrogens with zero attached hydrogens (tertiary/aromatic N) is 6. The third-order valence-electron chi connectivity index (χ3n) is 6.15. The summed E-state index contributed by atoms with van der Waals surface area (Å²) < 4.78 is 0. The number of fused-ring (bicyclic) bond motifs is 1. The zero-order valence-electron chi connectivity index (χ0n) is 17.8. The van der Waals surface area contributed by atoms with Crippen molar-refractivity contribution in [1.29, 1.82) is 0 Å². The molecule has 2 aliphatic heterocycles. The third kappa shape index (κ3) is 3.51. The Balaban J connectivity index is 1.48. The lowest BCUT2D eigenvalue weighted by Gasteiger charge is -2.45. The fraction of sp³-hybridized carbons (Fsp3) is 0.550. The van der Waals surface area contributed by atoms with Gasteiger partial charge in [-0.2, -0.15) is 5.10 Å². The highest BCUT2D eigenvalue weighted by Gasteiger charge is 2.40. The number of H-pyrrole nitrogens is 1. The van der Waals surface area contributed by atoms with Gasteiger partial charge in [-0.15, -0.1) is 0 Å². The first kappa shape index (κ1) is 20.3. The summed E-state index contributed by atoms with van der Waals surface area (Å²) in [6, 6.07) is 0.352. The smallest absolute Gasteiger partial charge is 0.319 e. The Labute approximate surface area is 175 Å². The van der Waals surface area contributed by atoms with Gasteiger partial charge in [-0.1, -0.05) is 6.92 Å². The maximum Gasteiger partial charge on any atom is 0.321 e. The summed E-state index contributed by atoms with van der Waals surface area (Å²) >= 11 is 0. The summed E-state index contributed by atoms with van der Waals surface area (Å²) in [5, 5.41) is 10.0. The topological polar surface area (TPSA) is 110 Å². The van der Waals surface area contributed by atoms with Crippen LogP contribution >= 0.6 is 0 Å². The molecule has 3 atom stereocenters. The predicted octanol–water partition coefficient (Wildman–Crippen LogP) is 1.86. The SMILES string of the molecule is CCN1CC(C)N(C(=O)N2Cc3c(NC(=O)c4cnccn4)n[nH]c3C2C)CC1C. The minimum Gasteiger partial charge on any atom is -0.319 e. The van der Waals surface area contributed by atoms with E-state index >= 15 is 0 Å². The molecular formula is C20H28N8O2. The second-order valence-electron chi connectivity index (χ2n) is 8.03. The van der Waals surface area contributed by atoms with Crippen molar-refractivity contribution in [2.45, 2.75) is 52.4 Å². The minimum absolute atomic E-state index is 0.0217. The average Bonchev–Trinajstić information content (AvgIpc) is 3.29. The van der Waals surface area contributed by atoms with Gasteiger partial charge in [-0.05, 0) is 27.3 Å². The van der Waals surface area contributed by atoms with Crippen LogP contribution in [0.2, 0.25) is 0 Å².